The van der Waals surface area contributed by atoms with E-state index in [-0.39, 0.29) is 5.91 Å². The lowest BCUT2D eigenvalue weighted by Crippen LogP contribution is -2.29. The maximum Gasteiger partial charge on any atom is 0.254 e. The Bertz CT molecular complexity index is 652. The first-order chi connectivity index (χ1) is 10.0. The van der Waals surface area contributed by atoms with Gasteiger partial charge in [0.15, 0.2) is 0 Å². The first-order valence-electron chi connectivity index (χ1n) is 6.48. The zero-order valence-electron chi connectivity index (χ0n) is 11.8. The van der Waals surface area contributed by atoms with Crippen molar-refractivity contribution in [1.82, 2.24) is 4.90 Å². The number of halogens is 1. The van der Waals surface area contributed by atoms with Gasteiger partial charge in [-0.25, -0.2) is 0 Å². The summed E-state index contributed by atoms with van der Waals surface area (Å²) in [6.07, 6.45) is 1.62. The summed E-state index contributed by atoms with van der Waals surface area (Å²) in [6, 6.07) is 10.7. The van der Waals surface area contributed by atoms with Crippen LogP contribution in [0.5, 0.6) is 0 Å². The molecule has 2 aromatic rings. The molecule has 1 aromatic heterocycles. The van der Waals surface area contributed by atoms with Crippen LogP contribution in [0.2, 0.25) is 4.34 Å². The normalized spacial score (nSPS) is 12.1. The van der Waals surface area contributed by atoms with Crippen LogP contribution < -0.4 is 0 Å². The summed E-state index contributed by atoms with van der Waals surface area (Å²) in [4.78, 5) is 16.0. The average molecular weight is 342 g/mol. The van der Waals surface area contributed by atoms with Gasteiger partial charge >= 0.3 is 0 Å². The molecule has 21 heavy (non-hydrogen) atoms. The molecular weight excluding hydrogens is 326 g/mol. The Kier molecular flexibility index (Phi) is 5.56. The number of amides is 1. The number of carbonyl (C=O) groups is 1. The summed E-state index contributed by atoms with van der Waals surface area (Å²) in [7, 11) is -1.03. The highest BCUT2D eigenvalue weighted by atomic mass is 35.5. The second-order valence-corrected chi connectivity index (χ2v) is 7.68. The molecule has 1 heterocycles. The molecule has 0 bridgehead atoms. The van der Waals surface area contributed by atoms with Gasteiger partial charge in [-0.2, -0.15) is 0 Å². The maximum atomic E-state index is 12.5. The highest BCUT2D eigenvalue weighted by Crippen LogP contribution is 2.23. The minimum absolute atomic E-state index is 0.0320. The predicted molar refractivity (Wildman–Crippen MR) is 88.5 cm³/mol. The van der Waals surface area contributed by atoms with Crippen molar-refractivity contribution in [3.8, 4) is 0 Å². The van der Waals surface area contributed by atoms with Gasteiger partial charge in [0.05, 0.1) is 10.9 Å². The Balaban J connectivity index is 2.13. The van der Waals surface area contributed by atoms with Gasteiger partial charge in [0.2, 0.25) is 0 Å². The number of hydrogen-bond acceptors (Lipinski definition) is 3. The average Bonchev–Trinajstić information content (AvgIpc) is 2.89. The number of hydrogen-bond donors (Lipinski definition) is 0. The number of carbonyl (C=O) groups excluding carboxylic acids is 1. The van der Waals surface area contributed by atoms with Crippen LogP contribution in [0.4, 0.5) is 0 Å². The molecule has 6 heteroatoms. The highest BCUT2D eigenvalue weighted by molar-refractivity contribution is 7.84. The van der Waals surface area contributed by atoms with Crippen LogP contribution in [-0.4, -0.2) is 27.8 Å². The standard InChI is InChI=1S/C15H16ClNO2S2/c1-3-17(10-12-6-9-14(16)20-12)15(18)11-4-7-13(8-5-11)21(2)19/h4-9H,3,10H2,1-2H3. The third kappa shape index (κ3) is 4.15. The van der Waals surface area contributed by atoms with E-state index < -0.39 is 10.8 Å². The second-order valence-electron chi connectivity index (χ2n) is 4.50. The van der Waals surface area contributed by atoms with Crippen LogP contribution >= 0.6 is 22.9 Å². The molecule has 0 aliphatic rings. The zero-order chi connectivity index (χ0) is 15.4. The van der Waals surface area contributed by atoms with Gasteiger partial charge in [0.25, 0.3) is 5.91 Å². The summed E-state index contributed by atoms with van der Waals surface area (Å²) in [5.41, 5.74) is 0.605. The van der Waals surface area contributed by atoms with Crippen LogP contribution in [0.3, 0.4) is 0 Å². The third-order valence-corrected chi connectivity index (χ3v) is 5.23. The molecule has 112 valence electrons. The van der Waals surface area contributed by atoms with Gasteiger partial charge in [-0.15, -0.1) is 11.3 Å². The van der Waals surface area contributed by atoms with E-state index in [0.29, 0.717) is 18.7 Å². The predicted octanol–water partition coefficient (Wildman–Crippen LogP) is 3.80. The van der Waals surface area contributed by atoms with Gasteiger partial charge in [-0.1, -0.05) is 11.6 Å². The number of benzene rings is 1. The monoisotopic (exact) mass is 341 g/mol. The van der Waals surface area contributed by atoms with Crippen molar-refractivity contribution < 1.29 is 9.00 Å². The van der Waals surface area contributed by atoms with Crippen molar-refractivity contribution in [3.05, 3.63) is 51.2 Å². The number of nitrogens with zero attached hydrogens (tertiary/aromatic N) is 1. The van der Waals surface area contributed by atoms with E-state index in [1.807, 2.05) is 19.1 Å². The molecule has 0 aliphatic carbocycles. The van der Waals surface area contributed by atoms with Crippen molar-refractivity contribution in [2.45, 2.75) is 18.4 Å². The lowest BCUT2D eigenvalue weighted by Gasteiger charge is -2.20. The molecule has 2 rings (SSSR count). The summed E-state index contributed by atoms with van der Waals surface area (Å²) in [5.74, 6) is -0.0320. The quantitative estimate of drug-likeness (QED) is 0.829. The van der Waals surface area contributed by atoms with E-state index in [4.69, 9.17) is 11.6 Å². The second kappa shape index (κ2) is 7.20. The Morgan fingerprint density at radius 1 is 1.24 bits per heavy atom. The fraction of sp³-hybridized carbons (Fsp3) is 0.267. The zero-order valence-corrected chi connectivity index (χ0v) is 14.2. The van der Waals surface area contributed by atoms with Gasteiger partial charge < -0.3 is 4.90 Å². The van der Waals surface area contributed by atoms with Crippen LogP contribution in [-0.2, 0) is 17.3 Å². The Hall–Kier alpha value is -1.17. The molecule has 1 unspecified atom stereocenters. The summed E-state index contributed by atoms with van der Waals surface area (Å²) in [6.45, 7) is 3.12. The van der Waals surface area contributed by atoms with Gasteiger partial charge in [0.1, 0.15) is 0 Å². The summed E-state index contributed by atoms with van der Waals surface area (Å²) < 4.78 is 12.1. The molecule has 0 N–H and O–H groups in total. The minimum Gasteiger partial charge on any atom is -0.334 e. The molecule has 1 amide bonds. The van der Waals surface area contributed by atoms with Crippen LogP contribution in [0.25, 0.3) is 0 Å². The van der Waals surface area contributed by atoms with Crippen molar-refractivity contribution in [2.24, 2.45) is 0 Å². The molecule has 1 atom stereocenters. The molecule has 3 nitrogen and oxygen atoms in total. The summed E-state index contributed by atoms with van der Waals surface area (Å²) >= 11 is 7.40. The van der Waals surface area contributed by atoms with E-state index in [2.05, 4.69) is 0 Å². The molecule has 0 saturated heterocycles. The first-order valence-corrected chi connectivity index (χ1v) is 9.23. The van der Waals surface area contributed by atoms with Crippen molar-refractivity contribution in [3.63, 3.8) is 0 Å². The molecular formula is C15H16ClNO2S2. The molecule has 0 spiro atoms. The lowest BCUT2D eigenvalue weighted by molar-refractivity contribution is 0.0754. The van der Waals surface area contributed by atoms with E-state index in [9.17, 15) is 9.00 Å². The SMILES string of the molecule is CCN(Cc1ccc(Cl)s1)C(=O)c1ccc(S(C)=O)cc1. The molecule has 0 radical (unpaired) electrons. The topological polar surface area (TPSA) is 37.4 Å². The number of thiophene rings is 1. The van der Waals surface area contributed by atoms with Crippen molar-refractivity contribution in [2.75, 3.05) is 12.8 Å². The van der Waals surface area contributed by atoms with Crippen molar-refractivity contribution in [1.29, 1.82) is 0 Å². The summed E-state index contributed by atoms with van der Waals surface area (Å²) in [5, 5.41) is 0. The smallest absolute Gasteiger partial charge is 0.254 e. The largest absolute Gasteiger partial charge is 0.334 e. The fourth-order valence-corrected chi connectivity index (χ4v) is 3.55. The Morgan fingerprint density at radius 3 is 2.38 bits per heavy atom. The van der Waals surface area contributed by atoms with Crippen LogP contribution in [0, 0.1) is 0 Å². The maximum absolute atomic E-state index is 12.5. The van der Waals surface area contributed by atoms with E-state index in [0.717, 1.165) is 14.1 Å². The third-order valence-electron chi connectivity index (χ3n) is 3.08. The molecule has 0 saturated carbocycles. The Labute approximate surface area is 136 Å². The van der Waals surface area contributed by atoms with Gasteiger partial charge in [-0.05, 0) is 43.3 Å². The van der Waals surface area contributed by atoms with Gasteiger partial charge in [0, 0.05) is 38.9 Å². The van der Waals surface area contributed by atoms with Crippen LogP contribution in [0.1, 0.15) is 22.2 Å². The minimum atomic E-state index is -1.03. The fourth-order valence-electron chi connectivity index (χ4n) is 1.92. The highest BCUT2D eigenvalue weighted by Gasteiger charge is 2.15. The van der Waals surface area contributed by atoms with Gasteiger partial charge in [-0.3, -0.25) is 9.00 Å². The first kappa shape index (κ1) is 16.2. The van der Waals surface area contributed by atoms with E-state index >= 15 is 0 Å². The molecule has 1 aromatic carbocycles. The van der Waals surface area contributed by atoms with E-state index in [1.54, 1.807) is 35.4 Å². The lowest BCUT2D eigenvalue weighted by atomic mass is 10.2. The van der Waals surface area contributed by atoms with Crippen LogP contribution in [0.15, 0.2) is 41.3 Å². The Morgan fingerprint density at radius 2 is 1.90 bits per heavy atom. The molecule has 0 aliphatic heterocycles. The number of rotatable bonds is 5. The van der Waals surface area contributed by atoms with Crippen molar-refractivity contribution >= 4 is 39.6 Å². The van der Waals surface area contributed by atoms with E-state index in [1.165, 1.54) is 11.3 Å². The molecule has 0 fully saturated rings.